The molecule has 0 amide bonds. The number of fused-ring (bicyclic) bond motifs is 1. The summed E-state index contributed by atoms with van der Waals surface area (Å²) in [7, 11) is 0. The van der Waals surface area contributed by atoms with Gasteiger partial charge >= 0.3 is 5.97 Å². The number of rotatable bonds is 4. The van der Waals surface area contributed by atoms with Crippen molar-refractivity contribution in [1.82, 2.24) is 0 Å². The first-order valence-electron chi connectivity index (χ1n) is 7.99. The number of hydrogen-bond acceptors (Lipinski definition) is 5. The molecular weight excluding hydrogens is 296 g/mol. The van der Waals surface area contributed by atoms with Crippen LogP contribution < -0.4 is 4.74 Å². The fraction of sp³-hybridized carbons (Fsp3) is 0.444. The maximum atomic E-state index is 12.4. The summed E-state index contributed by atoms with van der Waals surface area (Å²) in [6.07, 6.45) is 2.22. The summed E-state index contributed by atoms with van der Waals surface area (Å²) in [6.45, 7) is 4.29. The lowest BCUT2D eigenvalue weighted by molar-refractivity contribution is -0.130. The van der Waals surface area contributed by atoms with Gasteiger partial charge in [0.1, 0.15) is 11.3 Å². The molecule has 0 spiro atoms. The van der Waals surface area contributed by atoms with Gasteiger partial charge in [0.05, 0.1) is 6.61 Å². The average molecular weight is 316 g/mol. The van der Waals surface area contributed by atoms with E-state index in [9.17, 15) is 9.59 Å². The Labute approximate surface area is 134 Å². The molecule has 1 heterocycles. The molecule has 1 aromatic heterocycles. The van der Waals surface area contributed by atoms with Crippen molar-refractivity contribution in [3.63, 3.8) is 0 Å². The van der Waals surface area contributed by atoms with Crippen LogP contribution in [0.2, 0.25) is 0 Å². The summed E-state index contributed by atoms with van der Waals surface area (Å²) in [5, 5.41) is 0.817. The topological polar surface area (TPSA) is 65.7 Å². The minimum Gasteiger partial charge on any atom is -0.494 e. The Kier molecular flexibility index (Phi) is 4.37. The smallest absolute Gasteiger partial charge is 0.375 e. The Morgan fingerprint density at radius 2 is 2.17 bits per heavy atom. The van der Waals surface area contributed by atoms with Gasteiger partial charge in [0.25, 0.3) is 0 Å². The molecule has 0 saturated heterocycles. The van der Waals surface area contributed by atoms with E-state index in [1.54, 1.807) is 19.1 Å². The number of aryl methyl sites for hydroxylation is 1. The van der Waals surface area contributed by atoms with E-state index >= 15 is 0 Å². The molecule has 3 rings (SSSR count). The molecule has 122 valence electrons. The zero-order chi connectivity index (χ0) is 16.4. The molecule has 1 aliphatic rings. The molecule has 1 fully saturated rings. The van der Waals surface area contributed by atoms with Gasteiger partial charge in [-0.2, -0.15) is 0 Å². The van der Waals surface area contributed by atoms with Gasteiger partial charge in [0.15, 0.2) is 11.9 Å². The van der Waals surface area contributed by atoms with Crippen LogP contribution in [0.1, 0.15) is 48.7 Å². The Balaban J connectivity index is 1.85. The van der Waals surface area contributed by atoms with E-state index in [1.807, 2.05) is 13.0 Å². The lowest BCUT2D eigenvalue weighted by atomic mass is 9.96. The quantitative estimate of drug-likeness (QED) is 0.802. The van der Waals surface area contributed by atoms with E-state index in [2.05, 4.69) is 0 Å². The van der Waals surface area contributed by atoms with Crippen molar-refractivity contribution in [1.29, 1.82) is 0 Å². The lowest BCUT2D eigenvalue weighted by Crippen LogP contribution is -2.30. The van der Waals surface area contributed by atoms with Crippen molar-refractivity contribution in [2.45, 2.75) is 45.6 Å². The van der Waals surface area contributed by atoms with Crippen LogP contribution in [0.15, 0.2) is 22.6 Å². The number of ketones is 1. The highest BCUT2D eigenvalue weighted by molar-refractivity contribution is 5.97. The Morgan fingerprint density at radius 3 is 2.91 bits per heavy atom. The molecule has 0 aliphatic heterocycles. The highest BCUT2D eigenvalue weighted by Gasteiger charge is 2.28. The highest BCUT2D eigenvalue weighted by Crippen LogP contribution is 2.30. The van der Waals surface area contributed by atoms with Crippen molar-refractivity contribution in [2.75, 3.05) is 6.61 Å². The van der Waals surface area contributed by atoms with Gasteiger partial charge in [-0.05, 0) is 51.3 Å². The van der Waals surface area contributed by atoms with E-state index in [4.69, 9.17) is 13.9 Å². The Morgan fingerprint density at radius 1 is 1.35 bits per heavy atom. The molecular formula is C18H20O5. The number of carbonyl (C=O) groups is 2. The molecule has 0 radical (unpaired) electrons. The lowest BCUT2D eigenvalue weighted by Gasteiger charge is -2.20. The summed E-state index contributed by atoms with van der Waals surface area (Å²) in [6, 6.07) is 5.42. The van der Waals surface area contributed by atoms with Crippen LogP contribution in [0.5, 0.6) is 5.75 Å². The molecule has 1 saturated carbocycles. The van der Waals surface area contributed by atoms with E-state index in [1.165, 1.54) is 0 Å². The van der Waals surface area contributed by atoms with Gasteiger partial charge in [-0.15, -0.1) is 0 Å². The number of benzene rings is 1. The standard InChI is InChI=1S/C18H20O5/c1-3-21-12-8-9-15-13(10-12)11(2)17(22-15)18(20)23-16-7-5-4-6-14(16)19/h8-10,16H,3-7H2,1-2H3/t16-/m0/s1. The van der Waals surface area contributed by atoms with Crippen LogP contribution in [-0.2, 0) is 9.53 Å². The zero-order valence-corrected chi connectivity index (χ0v) is 13.4. The largest absolute Gasteiger partial charge is 0.494 e. The first-order valence-corrected chi connectivity index (χ1v) is 7.99. The second kappa shape index (κ2) is 6.44. The van der Waals surface area contributed by atoms with Gasteiger partial charge in [0.2, 0.25) is 5.76 Å². The minimum absolute atomic E-state index is 0.00278. The first kappa shape index (κ1) is 15.6. The Bertz CT molecular complexity index is 743. The van der Waals surface area contributed by atoms with Gasteiger partial charge in [-0.25, -0.2) is 4.79 Å². The van der Waals surface area contributed by atoms with Crippen molar-refractivity contribution in [3.8, 4) is 5.75 Å². The molecule has 0 bridgehead atoms. The second-order valence-electron chi connectivity index (χ2n) is 5.75. The van der Waals surface area contributed by atoms with E-state index < -0.39 is 12.1 Å². The average Bonchev–Trinajstić information content (AvgIpc) is 2.87. The van der Waals surface area contributed by atoms with Crippen LogP contribution in [0.25, 0.3) is 11.0 Å². The number of furan rings is 1. The maximum absolute atomic E-state index is 12.4. The molecule has 2 aromatic rings. The fourth-order valence-electron chi connectivity index (χ4n) is 2.91. The first-order chi connectivity index (χ1) is 11.1. The molecule has 1 atom stereocenters. The highest BCUT2D eigenvalue weighted by atomic mass is 16.6. The maximum Gasteiger partial charge on any atom is 0.375 e. The summed E-state index contributed by atoms with van der Waals surface area (Å²) in [4.78, 5) is 24.2. The van der Waals surface area contributed by atoms with Crippen LogP contribution in [0.4, 0.5) is 0 Å². The summed E-state index contributed by atoms with van der Waals surface area (Å²) >= 11 is 0. The molecule has 1 aliphatic carbocycles. The van der Waals surface area contributed by atoms with Crippen molar-refractivity contribution in [3.05, 3.63) is 29.5 Å². The van der Waals surface area contributed by atoms with Crippen molar-refractivity contribution < 1.29 is 23.5 Å². The summed E-state index contributed by atoms with van der Waals surface area (Å²) < 4.78 is 16.5. The van der Waals surface area contributed by atoms with Crippen LogP contribution in [-0.4, -0.2) is 24.5 Å². The fourth-order valence-corrected chi connectivity index (χ4v) is 2.91. The van der Waals surface area contributed by atoms with E-state index in [0.717, 1.165) is 24.0 Å². The summed E-state index contributed by atoms with van der Waals surface area (Å²) in [5.74, 6) is 0.312. The SMILES string of the molecule is CCOc1ccc2oc(C(=O)O[C@H]3CCCCC3=O)c(C)c2c1. The number of hydrogen-bond donors (Lipinski definition) is 0. The van der Waals surface area contributed by atoms with Gasteiger partial charge in [-0.1, -0.05) is 0 Å². The molecule has 0 N–H and O–H groups in total. The third-order valence-electron chi connectivity index (χ3n) is 4.15. The zero-order valence-electron chi connectivity index (χ0n) is 13.4. The van der Waals surface area contributed by atoms with Gasteiger partial charge < -0.3 is 13.9 Å². The number of ether oxygens (including phenoxy) is 2. The third-order valence-corrected chi connectivity index (χ3v) is 4.15. The molecule has 5 nitrogen and oxygen atoms in total. The van der Waals surface area contributed by atoms with E-state index in [-0.39, 0.29) is 11.5 Å². The number of esters is 1. The third kappa shape index (κ3) is 3.09. The Hall–Kier alpha value is -2.30. The normalized spacial score (nSPS) is 18.2. The predicted molar refractivity (Wildman–Crippen MR) is 84.8 cm³/mol. The van der Waals surface area contributed by atoms with Gasteiger partial charge in [0, 0.05) is 17.4 Å². The minimum atomic E-state index is -0.636. The van der Waals surface area contributed by atoms with Crippen LogP contribution >= 0.6 is 0 Å². The van der Waals surface area contributed by atoms with Crippen molar-refractivity contribution in [2.24, 2.45) is 0 Å². The monoisotopic (exact) mass is 316 g/mol. The second-order valence-corrected chi connectivity index (χ2v) is 5.75. The van der Waals surface area contributed by atoms with Crippen LogP contribution in [0.3, 0.4) is 0 Å². The van der Waals surface area contributed by atoms with Crippen molar-refractivity contribution >= 4 is 22.7 Å². The molecule has 1 aromatic carbocycles. The summed E-state index contributed by atoms with van der Waals surface area (Å²) in [5.41, 5.74) is 1.31. The molecule has 23 heavy (non-hydrogen) atoms. The molecule has 5 heteroatoms. The number of carbonyl (C=O) groups excluding carboxylic acids is 2. The number of Topliss-reactive ketones (excluding diaryl/α,β-unsaturated/α-hetero) is 1. The van der Waals surface area contributed by atoms with E-state index in [0.29, 0.717) is 30.6 Å². The predicted octanol–water partition coefficient (Wildman–Crippen LogP) is 3.81. The van der Waals surface area contributed by atoms with Gasteiger partial charge in [-0.3, -0.25) is 4.79 Å². The molecule has 0 unspecified atom stereocenters. The van der Waals surface area contributed by atoms with Crippen LogP contribution in [0, 0.1) is 6.92 Å².